The molecule has 0 bridgehead atoms. The molecule has 0 heterocycles. The molecular formula is C14H33NO13P2S. The molecule has 17 heteroatoms. The van der Waals surface area contributed by atoms with E-state index >= 15 is 0 Å². The second kappa shape index (κ2) is 18.8. The average Bonchev–Trinajstić information content (AvgIpc) is 2.62. The summed E-state index contributed by atoms with van der Waals surface area (Å²) < 4.78 is 27.3. The Bertz CT molecular complexity index is 525. The zero-order valence-electron chi connectivity index (χ0n) is 17.6. The molecule has 1 amide bonds. The fraction of sp³-hybridized carbons (Fsp3) is 0.857. The fourth-order valence-electron chi connectivity index (χ4n) is 1.17. The van der Waals surface area contributed by atoms with E-state index in [0.29, 0.717) is 5.75 Å². The number of ether oxygens (including phenoxy) is 1. The predicted octanol–water partition coefficient (Wildman–Crippen LogP) is -0.964. The Morgan fingerprint density at radius 2 is 1.35 bits per heavy atom. The maximum Gasteiger partial charge on any atom is 0.408 e. The number of hydrogen-bond acceptors (Lipinski definition) is 11. The zero-order chi connectivity index (χ0) is 25.3. The quantitative estimate of drug-likeness (QED) is 0.163. The van der Waals surface area contributed by atoms with Gasteiger partial charge in [0, 0.05) is 5.75 Å². The van der Waals surface area contributed by atoms with Crippen molar-refractivity contribution in [3.05, 3.63) is 0 Å². The van der Waals surface area contributed by atoms with Crippen molar-refractivity contribution in [3.63, 3.8) is 0 Å². The largest absolute Gasteiger partial charge is 0.480 e. The second-order valence-electron chi connectivity index (χ2n) is 6.76. The van der Waals surface area contributed by atoms with E-state index in [-0.39, 0.29) is 0 Å². The van der Waals surface area contributed by atoms with Crippen molar-refractivity contribution in [2.45, 2.75) is 32.4 Å². The molecule has 3 atom stereocenters. The van der Waals surface area contributed by atoms with Crippen molar-refractivity contribution >= 4 is 40.3 Å². The van der Waals surface area contributed by atoms with Crippen LogP contribution in [0.4, 0.5) is 4.79 Å². The Kier molecular flexibility index (Phi) is 21.2. The first-order chi connectivity index (χ1) is 14.1. The van der Waals surface area contributed by atoms with Crippen LogP contribution in [0.15, 0.2) is 0 Å². The van der Waals surface area contributed by atoms with Gasteiger partial charge in [-0.2, -0.15) is 11.8 Å². The van der Waals surface area contributed by atoms with Crippen molar-refractivity contribution in [2.24, 2.45) is 5.41 Å². The van der Waals surface area contributed by atoms with Gasteiger partial charge in [0.2, 0.25) is 0 Å². The summed E-state index contributed by atoms with van der Waals surface area (Å²) >= 11 is 1.35. The van der Waals surface area contributed by atoms with Crippen molar-refractivity contribution in [1.29, 1.82) is 0 Å². The van der Waals surface area contributed by atoms with Gasteiger partial charge in [-0.05, 0) is 27.0 Å². The van der Waals surface area contributed by atoms with Crippen LogP contribution in [0.2, 0.25) is 0 Å². The highest BCUT2D eigenvalue weighted by molar-refractivity contribution is 7.98. The molecule has 0 spiro atoms. The van der Waals surface area contributed by atoms with Crippen molar-refractivity contribution < 1.29 is 63.1 Å². The number of aliphatic hydroxyl groups is 4. The lowest BCUT2D eigenvalue weighted by atomic mass is 9.93. The van der Waals surface area contributed by atoms with Gasteiger partial charge in [-0.3, -0.25) is 9.13 Å². The highest BCUT2D eigenvalue weighted by Gasteiger charge is 2.26. The maximum absolute atomic E-state index is 11.2. The number of amides is 1. The molecule has 0 saturated carbocycles. The number of hydrogen-bond donors (Lipinski definition) is 8. The van der Waals surface area contributed by atoms with Crippen molar-refractivity contribution in [3.8, 4) is 0 Å². The van der Waals surface area contributed by atoms with E-state index in [1.807, 2.05) is 0 Å². The molecule has 3 unspecified atom stereocenters. The van der Waals surface area contributed by atoms with Crippen LogP contribution in [-0.2, 0) is 23.0 Å². The molecule has 0 aliphatic heterocycles. The normalized spacial score (nSPS) is 14.0. The van der Waals surface area contributed by atoms with Crippen LogP contribution in [0, 0.1) is 5.41 Å². The Labute approximate surface area is 185 Å². The van der Waals surface area contributed by atoms with Gasteiger partial charge in [0.05, 0.1) is 31.8 Å². The van der Waals surface area contributed by atoms with Gasteiger partial charge < -0.3 is 45.4 Å². The van der Waals surface area contributed by atoms with Gasteiger partial charge in [0.25, 0.3) is 0 Å². The standard InChI is InChI=1S/C9H17NO4S.C5H12O4.H4O5P2/c1-9(2,3)14-8(13)10-6(5-15-4)7(11)12;6-1-5(2-7,3-8)4-9;1-6(2)5-7(3)4/h6H,5H2,1-4H3,(H,10,13)(H,11,12);6-9H,1-4H2;6-7H,(H,1,2)(H,3,4). The number of carbonyl (C=O) groups excluding carboxylic acids is 1. The fourth-order valence-corrected chi connectivity index (χ4v) is 2.32. The molecule has 8 N–H and O–H groups in total. The molecule has 31 heavy (non-hydrogen) atoms. The second-order valence-corrected chi connectivity index (χ2v) is 9.55. The molecule has 0 aliphatic rings. The number of alkyl carbamates (subject to hydrolysis) is 1. The Morgan fingerprint density at radius 1 is 0.968 bits per heavy atom. The minimum Gasteiger partial charge on any atom is -0.480 e. The summed E-state index contributed by atoms with van der Waals surface area (Å²) in [5, 5.41) is 45.0. The summed E-state index contributed by atoms with van der Waals surface area (Å²) in [4.78, 5) is 37.4. The van der Waals surface area contributed by atoms with Crippen molar-refractivity contribution in [2.75, 3.05) is 38.4 Å². The van der Waals surface area contributed by atoms with Gasteiger partial charge in [0.15, 0.2) is 0 Å². The summed E-state index contributed by atoms with van der Waals surface area (Å²) in [6, 6.07) is -0.908. The van der Waals surface area contributed by atoms with E-state index in [4.69, 9.17) is 40.1 Å². The number of nitrogens with one attached hydrogen (secondary N) is 1. The van der Waals surface area contributed by atoms with E-state index in [2.05, 4.69) is 9.63 Å². The lowest BCUT2D eigenvalue weighted by Gasteiger charge is -2.23. The molecule has 0 saturated heterocycles. The number of carboxylic acid groups (broad SMARTS) is 1. The molecule has 0 aliphatic carbocycles. The number of aliphatic hydroxyl groups excluding tert-OH is 4. The number of carboxylic acids is 1. The number of thioether (sulfide) groups is 1. The SMILES string of the molecule is CSCC(NC(=O)OC(C)(C)C)C(=O)O.O=[PH](O)O[PH](=O)O.OCC(CO)(CO)CO. The van der Waals surface area contributed by atoms with E-state index in [9.17, 15) is 18.7 Å². The smallest absolute Gasteiger partial charge is 0.408 e. The van der Waals surface area contributed by atoms with Crippen LogP contribution < -0.4 is 5.32 Å². The van der Waals surface area contributed by atoms with Gasteiger partial charge in [-0.15, -0.1) is 0 Å². The van der Waals surface area contributed by atoms with Gasteiger partial charge in [-0.25, -0.2) is 13.9 Å². The number of rotatable bonds is 10. The Morgan fingerprint density at radius 3 is 1.52 bits per heavy atom. The molecule has 0 radical (unpaired) electrons. The number of aliphatic carboxylic acids is 1. The third-order valence-electron chi connectivity index (χ3n) is 2.84. The first kappa shape index (κ1) is 34.9. The lowest BCUT2D eigenvalue weighted by molar-refractivity contribution is -0.138. The molecule has 0 aromatic rings. The summed E-state index contributed by atoms with van der Waals surface area (Å²) in [5.74, 6) is -0.746. The minimum atomic E-state index is -3.20. The van der Waals surface area contributed by atoms with Crippen LogP contribution >= 0.6 is 28.3 Å². The predicted molar refractivity (Wildman–Crippen MR) is 113 cm³/mol. The number of carbonyl (C=O) groups is 2. The molecule has 0 rings (SSSR count). The highest BCUT2D eigenvalue weighted by atomic mass is 32.2. The zero-order valence-corrected chi connectivity index (χ0v) is 20.4. The highest BCUT2D eigenvalue weighted by Crippen LogP contribution is 2.30. The third-order valence-corrected chi connectivity index (χ3v) is 4.90. The first-order valence-electron chi connectivity index (χ1n) is 8.42. The molecule has 14 nitrogen and oxygen atoms in total. The molecule has 0 aromatic carbocycles. The maximum atomic E-state index is 11.2. The minimum absolute atomic E-state index is 0.314. The van der Waals surface area contributed by atoms with Crippen LogP contribution in [-0.4, -0.2) is 97.5 Å². The van der Waals surface area contributed by atoms with Crippen molar-refractivity contribution in [1.82, 2.24) is 5.32 Å². The Balaban J connectivity index is -0.000000417. The topological polar surface area (TPSA) is 240 Å². The molecule has 0 aromatic heterocycles. The van der Waals surface area contributed by atoms with Crippen LogP contribution in [0.25, 0.3) is 0 Å². The average molecular weight is 517 g/mol. The Hall–Kier alpha value is -0.730. The summed E-state index contributed by atoms with van der Waals surface area (Å²) in [5.41, 5.74) is -1.73. The van der Waals surface area contributed by atoms with Crippen LogP contribution in [0.1, 0.15) is 20.8 Å². The van der Waals surface area contributed by atoms with Gasteiger partial charge >= 0.3 is 28.6 Å². The molecule has 188 valence electrons. The summed E-state index contributed by atoms with van der Waals surface area (Å²) in [6.45, 7) is 3.53. The van der Waals surface area contributed by atoms with E-state index in [1.54, 1.807) is 27.0 Å². The third kappa shape index (κ3) is 22.3. The lowest BCUT2D eigenvalue weighted by Crippen LogP contribution is -2.44. The van der Waals surface area contributed by atoms with Crippen LogP contribution in [0.3, 0.4) is 0 Å². The van der Waals surface area contributed by atoms with E-state index < -0.39 is 72.1 Å². The van der Waals surface area contributed by atoms with E-state index in [1.165, 1.54) is 11.8 Å². The first-order valence-corrected chi connectivity index (χ1v) is 12.3. The summed E-state index contributed by atoms with van der Waals surface area (Å²) in [7, 11) is -6.40. The van der Waals surface area contributed by atoms with E-state index in [0.717, 1.165) is 0 Å². The molecule has 0 fully saturated rings. The molecular weight excluding hydrogens is 484 g/mol. The van der Waals surface area contributed by atoms with Gasteiger partial charge in [-0.1, -0.05) is 0 Å². The van der Waals surface area contributed by atoms with Gasteiger partial charge in [0.1, 0.15) is 11.6 Å². The van der Waals surface area contributed by atoms with Crippen LogP contribution in [0.5, 0.6) is 0 Å². The summed E-state index contributed by atoms with van der Waals surface area (Å²) in [6.07, 6.45) is 1.07. The monoisotopic (exact) mass is 517 g/mol.